The monoisotopic (exact) mass is 311 g/mol. The van der Waals surface area contributed by atoms with Crippen LogP contribution in [0.3, 0.4) is 0 Å². The molecule has 0 fully saturated rings. The lowest BCUT2D eigenvalue weighted by Crippen LogP contribution is -2.20. The fraction of sp³-hybridized carbons (Fsp3) is 0.143. The number of amides is 1. The number of esters is 1. The Bertz CT molecular complexity index is 625. The van der Waals surface area contributed by atoms with Crippen LogP contribution in [0.25, 0.3) is 0 Å². The van der Waals surface area contributed by atoms with Crippen molar-refractivity contribution in [2.24, 2.45) is 0 Å². The Morgan fingerprint density at radius 1 is 1.18 bits per heavy atom. The van der Waals surface area contributed by atoms with Crippen molar-refractivity contribution in [2.75, 3.05) is 11.9 Å². The molecule has 2 rings (SSSR count). The van der Waals surface area contributed by atoms with Gasteiger partial charge in [0.2, 0.25) is 5.76 Å². The molecule has 1 aromatic carbocycles. The first-order valence-corrected chi connectivity index (χ1v) is 6.10. The summed E-state index contributed by atoms with van der Waals surface area (Å²) in [4.78, 5) is 23.0. The Labute approximate surface area is 123 Å². The normalized spacial score (nSPS) is 10.3. The van der Waals surface area contributed by atoms with Crippen molar-refractivity contribution in [1.82, 2.24) is 0 Å². The molecule has 0 saturated carbocycles. The van der Waals surface area contributed by atoms with Crippen molar-refractivity contribution in [3.63, 3.8) is 0 Å². The van der Waals surface area contributed by atoms with E-state index >= 15 is 0 Å². The van der Waals surface area contributed by atoms with E-state index in [0.717, 1.165) is 0 Å². The van der Waals surface area contributed by atoms with Gasteiger partial charge in [-0.2, -0.15) is 8.78 Å². The van der Waals surface area contributed by atoms with Gasteiger partial charge in [-0.3, -0.25) is 4.79 Å². The highest BCUT2D eigenvalue weighted by atomic mass is 19.3. The van der Waals surface area contributed by atoms with Gasteiger partial charge in [-0.15, -0.1) is 0 Å². The molecule has 0 aliphatic carbocycles. The number of furan rings is 1. The van der Waals surface area contributed by atoms with Crippen molar-refractivity contribution < 1.29 is 32.3 Å². The summed E-state index contributed by atoms with van der Waals surface area (Å²) in [6.45, 7) is -3.42. The number of halogens is 2. The van der Waals surface area contributed by atoms with Crippen molar-refractivity contribution in [1.29, 1.82) is 0 Å². The van der Waals surface area contributed by atoms with Crippen LogP contribution in [0.15, 0.2) is 47.1 Å². The molecule has 2 aromatic rings. The van der Waals surface area contributed by atoms with E-state index < -0.39 is 25.1 Å². The van der Waals surface area contributed by atoms with Gasteiger partial charge in [-0.1, -0.05) is 0 Å². The van der Waals surface area contributed by atoms with Gasteiger partial charge < -0.3 is 19.2 Å². The first-order chi connectivity index (χ1) is 10.5. The summed E-state index contributed by atoms with van der Waals surface area (Å²) in [6.07, 6.45) is 1.31. The lowest BCUT2D eigenvalue weighted by Gasteiger charge is -2.07. The molecule has 0 aliphatic heterocycles. The Balaban J connectivity index is 1.80. The molecule has 8 heteroatoms. The van der Waals surface area contributed by atoms with Crippen LogP contribution in [0.5, 0.6) is 5.75 Å². The quantitative estimate of drug-likeness (QED) is 0.830. The minimum Gasteiger partial charge on any atom is -0.457 e. The van der Waals surface area contributed by atoms with Gasteiger partial charge in [-0.05, 0) is 36.4 Å². The minimum absolute atomic E-state index is 0.0127. The molecule has 0 unspecified atom stereocenters. The molecule has 1 amide bonds. The number of rotatable bonds is 6. The van der Waals surface area contributed by atoms with Crippen LogP contribution in [0, 0.1) is 0 Å². The maximum atomic E-state index is 12.0. The smallest absolute Gasteiger partial charge is 0.387 e. The van der Waals surface area contributed by atoms with Gasteiger partial charge in [-0.25, -0.2) is 4.79 Å². The zero-order valence-corrected chi connectivity index (χ0v) is 11.1. The second kappa shape index (κ2) is 7.21. The minimum atomic E-state index is -2.92. The molecule has 0 radical (unpaired) electrons. The van der Waals surface area contributed by atoms with Crippen molar-refractivity contribution in [2.45, 2.75) is 6.61 Å². The number of hydrogen-bond donors (Lipinski definition) is 1. The third kappa shape index (κ3) is 4.58. The zero-order valence-electron chi connectivity index (χ0n) is 11.1. The molecular weight excluding hydrogens is 300 g/mol. The van der Waals surface area contributed by atoms with E-state index in [9.17, 15) is 18.4 Å². The lowest BCUT2D eigenvalue weighted by molar-refractivity contribution is -0.119. The summed E-state index contributed by atoms with van der Waals surface area (Å²) in [5.74, 6) is -1.39. The molecule has 0 atom stereocenters. The predicted molar refractivity (Wildman–Crippen MR) is 70.7 cm³/mol. The fourth-order valence-electron chi connectivity index (χ4n) is 1.51. The fourth-order valence-corrected chi connectivity index (χ4v) is 1.51. The van der Waals surface area contributed by atoms with E-state index in [1.807, 2.05) is 0 Å². The van der Waals surface area contributed by atoms with Crippen molar-refractivity contribution in [3.8, 4) is 5.75 Å². The van der Waals surface area contributed by atoms with Crippen LogP contribution in [-0.4, -0.2) is 25.1 Å². The first-order valence-electron chi connectivity index (χ1n) is 6.10. The summed E-state index contributed by atoms with van der Waals surface area (Å²) >= 11 is 0. The standard InChI is InChI=1S/C14H11F2NO5/c15-14(16)22-10-5-3-9(4-6-10)17-12(18)8-21-13(19)11-2-1-7-20-11/h1-7,14H,8H2,(H,17,18). The zero-order chi connectivity index (χ0) is 15.9. The maximum absolute atomic E-state index is 12.0. The molecule has 0 spiro atoms. The molecule has 1 N–H and O–H groups in total. The Kier molecular flexibility index (Phi) is 5.07. The van der Waals surface area contributed by atoms with Crippen LogP contribution >= 0.6 is 0 Å². The average molecular weight is 311 g/mol. The number of hydrogen-bond acceptors (Lipinski definition) is 5. The van der Waals surface area contributed by atoms with Crippen LogP contribution in [0.4, 0.5) is 14.5 Å². The largest absolute Gasteiger partial charge is 0.457 e. The van der Waals surface area contributed by atoms with Gasteiger partial charge in [0, 0.05) is 5.69 Å². The second-order valence-electron chi connectivity index (χ2n) is 4.00. The molecule has 0 saturated heterocycles. The van der Waals surface area contributed by atoms with Crippen LogP contribution in [-0.2, 0) is 9.53 Å². The summed E-state index contributed by atoms with van der Waals surface area (Å²) in [5.41, 5.74) is 0.348. The summed E-state index contributed by atoms with van der Waals surface area (Å²) < 4.78 is 37.7. The highest BCUT2D eigenvalue weighted by molar-refractivity contribution is 5.94. The number of ether oxygens (including phenoxy) is 2. The molecule has 0 aliphatic rings. The topological polar surface area (TPSA) is 77.8 Å². The van der Waals surface area contributed by atoms with Gasteiger partial charge in [0.05, 0.1) is 6.26 Å². The molecule has 1 heterocycles. The van der Waals surface area contributed by atoms with E-state index in [1.54, 1.807) is 0 Å². The molecule has 22 heavy (non-hydrogen) atoms. The number of nitrogens with one attached hydrogen (secondary N) is 1. The second-order valence-corrected chi connectivity index (χ2v) is 4.00. The third-order valence-electron chi connectivity index (χ3n) is 2.42. The Hall–Kier alpha value is -2.90. The van der Waals surface area contributed by atoms with E-state index in [2.05, 4.69) is 10.1 Å². The number of alkyl halides is 2. The van der Waals surface area contributed by atoms with Gasteiger partial charge >= 0.3 is 12.6 Å². The lowest BCUT2D eigenvalue weighted by atomic mass is 10.3. The SMILES string of the molecule is O=C(COC(=O)c1ccco1)Nc1ccc(OC(F)F)cc1. The summed E-state index contributed by atoms with van der Waals surface area (Å²) in [6, 6.07) is 8.23. The van der Waals surface area contributed by atoms with Gasteiger partial charge in [0.25, 0.3) is 5.91 Å². The molecular formula is C14H11F2NO5. The van der Waals surface area contributed by atoms with Crippen LogP contribution < -0.4 is 10.1 Å². The number of carbonyl (C=O) groups is 2. The first kappa shape index (κ1) is 15.5. The van der Waals surface area contributed by atoms with E-state index in [-0.39, 0.29) is 11.5 Å². The number of benzene rings is 1. The van der Waals surface area contributed by atoms with Crippen LogP contribution in [0.1, 0.15) is 10.6 Å². The number of anilines is 1. The Morgan fingerprint density at radius 2 is 1.91 bits per heavy atom. The molecule has 116 valence electrons. The predicted octanol–water partition coefficient (Wildman–Crippen LogP) is 2.68. The van der Waals surface area contributed by atoms with Gasteiger partial charge in [0.1, 0.15) is 5.75 Å². The Morgan fingerprint density at radius 3 is 2.50 bits per heavy atom. The van der Waals surface area contributed by atoms with Crippen LogP contribution in [0.2, 0.25) is 0 Å². The van der Waals surface area contributed by atoms with Crippen molar-refractivity contribution in [3.05, 3.63) is 48.4 Å². The molecule has 1 aromatic heterocycles. The summed E-state index contributed by atoms with van der Waals surface area (Å²) in [5, 5.41) is 2.43. The third-order valence-corrected chi connectivity index (χ3v) is 2.42. The highest BCUT2D eigenvalue weighted by Crippen LogP contribution is 2.17. The van der Waals surface area contributed by atoms with Crippen molar-refractivity contribution >= 4 is 17.6 Å². The summed E-state index contributed by atoms with van der Waals surface area (Å²) in [7, 11) is 0. The maximum Gasteiger partial charge on any atom is 0.387 e. The average Bonchev–Trinajstić information content (AvgIpc) is 3.00. The van der Waals surface area contributed by atoms with E-state index in [0.29, 0.717) is 5.69 Å². The molecule has 0 bridgehead atoms. The van der Waals surface area contributed by atoms with E-state index in [1.165, 1.54) is 42.7 Å². The van der Waals surface area contributed by atoms with Gasteiger partial charge in [0.15, 0.2) is 6.61 Å². The van der Waals surface area contributed by atoms with E-state index in [4.69, 9.17) is 9.15 Å². The molecule has 6 nitrogen and oxygen atoms in total. The highest BCUT2D eigenvalue weighted by Gasteiger charge is 2.12. The number of carbonyl (C=O) groups excluding carboxylic acids is 2.